The molecule has 3 aromatic rings. The lowest BCUT2D eigenvalue weighted by Gasteiger charge is -2.03. The lowest BCUT2D eigenvalue weighted by atomic mass is 10.1. The number of para-hydroxylation sites is 2. The van der Waals surface area contributed by atoms with E-state index in [4.69, 9.17) is 0 Å². The molecule has 3 rings (SSSR count). The average Bonchev–Trinajstić information content (AvgIpc) is 3.19. The first-order chi connectivity index (χ1) is 12.5. The molecule has 2 heterocycles. The number of hydrogen-bond donors (Lipinski definition) is 1. The quantitative estimate of drug-likeness (QED) is 0.564. The molecule has 0 spiro atoms. The number of esters is 1. The molecule has 1 N–H and O–H groups in total. The number of aryl methyl sites for hydroxylation is 2. The number of nitrogens with zero attached hydrogens (tertiary/aromatic N) is 4. The van der Waals surface area contributed by atoms with E-state index < -0.39 is 0 Å². The predicted octanol–water partition coefficient (Wildman–Crippen LogP) is 3.00. The molecule has 0 unspecified atom stereocenters. The third-order valence-corrected chi connectivity index (χ3v) is 4.25. The first-order valence-electron chi connectivity index (χ1n) is 8.21. The molecule has 0 aliphatic rings. The minimum Gasteiger partial charge on any atom is -0.469 e. The molecule has 0 aliphatic heterocycles. The second-order valence-electron chi connectivity index (χ2n) is 5.91. The summed E-state index contributed by atoms with van der Waals surface area (Å²) in [5.74, 6) is 0.240. The number of H-pyrrole nitrogens is 1. The topological polar surface area (TPSA) is 96.6 Å². The van der Waals surface area contributed by atoms with Crippen LogP contribution in [-0.2, 0) is 16.1 Å². The first-order valence-corrected chi connectivity index (χ1v) is 8.21. The van der Waals surface area contributed by atoms with Crippen molar-refractivity contribution >= 4 is 28.7 Å². The number of aromatic amines is 1. The number of fused-ring (bicyclic) bond motifs is 1. The van der Waals surface area contributed by atoms with Crippen molar-refractivity contribution in [2.45, 2.75) is 26.8 Å². The predicted molar refractivity (Wildman–Crippen MR) is 97.9 cm³/mol. The van der Waals surface area contributed by atoms with E-state index in [2.05, 4.69) is 25.9 Å². The van der Waals surface area contributed by atoms with Crippen LogP contribution in [0.3, 0.4) is 0 Å². The SMILES string of the molecule is COC(=O)CCn1nc(C)c(/C=C(/C#N)c2nc3ccccc3[nH]2)c1C. The normalized spacial score (nSPS) is 11.5. The molecule has 7 heteroatoms. The van der Waals surface area contributed by atoms with Crippen LogP contribution >= 0.6 is 0 Å². The van der Waals surface area contributed by atoms with Crippen molar-refractivity contribution in [3.05, 3.63) is 47.0 Å². The van der Waals surface area contributed by atoms with Crippen molar-refractivity contribution in [1.29, 1.82) is 5.26 Å². The summed E-state index contributed by atoms with van der Waals surface area (Å²) < 4.78 is 6.43. The second-order valence-corrected chi connectivity index (χ2v) is 5.91. The van der Waals surface area contributed by atoms with Gasteiger partial charge in [0.2, 0.25) is 0 Å². The van der Waals surface area contributed by atoms with Crippen LogP contribution in [0.1, 0.15) is 29.2 Å². The zero-order valence-corrected chi connectivity index (χ0v) is 14.9. The molecule has 0 atom stereocenters. The molecular weight excluding hydrogens is 330 g/mol. The summed E-state index contributed by atoms with van der Waals surface area (Å²) in [4.78, 5) is 19.0. The summed E-state index contributed by atoms with van der Waals surface area (Å²) in [5.41, 5.74) is 4.65. The van der Waals surface area contributed by atoms with Crippen molar-refractivity contribution in [2.24, 2.45) is 0 Å². The molecule has 0 aliphatic carbocycles. The van der Waals surface area contributed by atoms with Crippen molar-refractivity contribution in [3.63, 3.8) is 0 Å². The lowest BCUT2D eigenvalue weighted by Crippen LogP contribution is -2.09. The Morgan fingerprint density at radius 3 is 2.85 bits per heavy atom. The summed E-state index contributed by atoms with van der Waals surface area (Å²) in [6, 6.07) is 9.84. The molecule has 7 nitrogen and oxygen atoms in total. The smallest absolute Gasteiger partial charge is 0.307 e. The van der Waals surface area contributed by atoms with Gasteiger partial charge in [0, 0.05) is 11.3 Å². The molecule has 2 aromatic heterocycles. The molecule has 0 saturated carbocycles. The number of nitriles is 1. The number of aromatic nitrogens is 4. The lowest BCUT2D eigenvalue weighted by molar-refractivity contribution is -0.140. The van der Waals surface area contributed by atoms with Gasteiger partial charge in [-0.25, -0.2) is 4.98 Å². The van der Waals surface area contributed by atoms with Crippen molar-refractivity contribution in [3.8, 4) is 6.07 Å². The van der Waals surface area contributed by atoms with Crippen LogP contribution in [0.25, 0.3) is 22.7 Å². The summed E-state index contributed by atoms with van der Waals surface area (Å²) in [6.07, 6.45) is 2.03. The number of carbonyl (C=O) groups is 1. The third-order valence-electron chi connectivity index (χ3n) is 4.25. The first kappa shape index (κ1) is 17.4. The van der Waals surface area contributed by atoms with Crippen LogP contribution < -0.4 is 0 Å². The van der Waals surface area contributed by atoms with Gasteiger partial charge in [-0.3, -0.25) is 9.48 Å². The van der Waals surface area contributed by atoms with Crippen LogP contribution in [0.15, 0.2) is 24.3 Å². The van der Waals surface area contributed by atoms with Crippen LogP contribution in [0.4, 0.5) is 0 Å². The van der Waals surface area contributed by atoms with Crippen LogP contribution in [0.2, 0.25) is 0 Å². The molecule has 0 saturated heterocycles. The van der Waals surface area contributed by atoms with Gasteiger partial charge in [0.25, 0.3) is 0 Å². The van der Waals surface area contributed by atoms with Crippen molar-refractivity contribution in [1.82, 2.24) is 19.7 Å². The second kappa shape index (κ2) is 7.23. The fraction of sp³-hybridized carbons (Fsp3) is 0.263. The van der Waals surface area contributed by atoms with E-state index >= 15 is 0 Å². The van der Waals surface area contributed by atoms with E-state index in [1.165, 1.54) is 7.11 Å². The maximum Gasteiger partial charge on any atom is 0.307 e. The standard InChI is InChI=1S/C19H19N5O2/c1-12-15(13(2)24(23-12)9-8-18(25)26-3)10-14(11-20)19-21-16-6-4-5-7-17(16)22-19/h4-7,10H,8-9H2,1-3H3,(H,21,22)/b14-10-. The van der Waals surface area contributed by atoms with Gasteiger partial charge in [0.05, 0.1) is 42.4 Å². The highest BCUT2D eigenvalue weighted by molar-refractivity contribution is 5.90. The van der Waals surface area contributed by atoms with Crippen molar-refractivity contribution < 1.29 is 9.53 Å². The van der Waals surface area contributed by atoms with Gasteiger partial charge in [0.1, 0.15) is 11.9 Å². The highest BCUT2D eigenvalue weighted by Gasteiger charge is 2.14. The van der Waals surface area contributed by atoms with E-state index in [-0.39, 0.29) is 12.4 Å². The highest BCUT2D eigenvalue weighted by atomic mass is 16.5. The maximum absolute atomic E-state index is 11.4. The molecule has 0 radical (unpaired) electrons. The zero-order valence-electron chi connectivity index (χ0n) is 14.9. The molecule has 132 valence electrons. The summed E-state index contributed by atoms with van der Waals surface area (Å²) in [5, 5.41) is 14.1. The van der Waals surface area contributed by atoms with E-state index in [1.54, 1.807) is 10.8 Å². The fourth-order valence-corrected chi connectivity index (χ4v) is 2.81. The van der Waals surface area contributed by atoms with E-state index in [0.717, 1.165) is 28.0 Å². The fourth-order valence-electron chi connectivity index (χ4n) is 2.81. The molecule has 26 heavy (non-hydrogen) atoms. The number of benzene rings is 1. The number of nitrogens with one attached hydrogen (secondary N) is 1. The molecule has 1 aromatic carbocycles. The van der Waals surface area contributed by atoms with Crippen molar-refractivity contribution in [2.75, 3.05) is 7.11 Å². The van der Waals surface area contributed by atoms with Gasteiger partial charge < -0.3 is 9.72 Å². The van der Waals surface area contributed by atoms with Gasteiger partial charge >= 0.3 is 5.97 Å². The minimum atomic E-state index is -0.283. The minimum absolute atomic E-state index is 0.246. The van der Waals surface area contributed by atoms with Gasteiger partial charge in [-0.05, 0) is 32.1 Å². The van der Waals surface area contributed by atoms with Crippen LogP contribution in [-0.4, -0.2) is 32.8 Å². The Morgan fingerprint density at radius 2 is 2.15 bits per heavy atom. The number of methoxy groups -OCH3 is 1. The zero-order chi connectivity index (χ0) is 18.7. The van der Waals surface area contributed by atoms with Gasteiger partial charge in [0.15, 0.2) is 0 Å². The molecular formula is C19H19N5O2. The number of hydrogen-bond acceptors (Lipinski definition) is 5. The number of allylic oxidation sites excluding steroid dienone is 1. The Hall–Kier alpha value is -3.40. The summed E-state index contributed by atoms with van der Waals surface area (Å²) in [7, 11) is 1.37. The monoisotopic (exact) mass is 349 g/mol. The van der Waals surface area contributed by atoms with E-state index in [0.29, 0.717) is 17.9 Å². The average molecular weight is 349 g/mol. The van der Waals surface area contributed by atoms with E-state index in [9.17, 15) is 10.1 Å². The Labute approximate surface area is 150 Å². The summed E-state index contributed by atoms with van der Waals surface area (Å²) in [6.45, 7) is 4.22. The largest absolute Gasteiger partial charge is 0.469 e. The van der Waals surface area contributed by atoms with Gasteiger partial charge in [-0.15, -0.1) is 0 Å². The maximum atomic E-state index is 11.4. The highest BCUT2D eigenvalue weighted by Crippen LogP contribution is 2.22. The van der Waals surface area contributed by atoms with Crippen LogP contribution in [0, 0.1) is 25.2 Å². The summed E-state index contributed by atoms with van der Waals surface area (Å²) >= 11 is 0. The molecule has 0 bridgehead atoms. The van der Waals surface area contributed by atoms with E-state index in [1.807, 2.05) is 38.1 Å². The molecule has 0 fully saturated rings. The third kappa shape index (κ3) is 3.35. The Kier molecular flexibility index (Phi) is 4.85. The Morgan fingerprint density at radius 1 is 1.38 bits per heavy atom. The molecule has 0 amide bonds. The Balaban J connectivity index is 1.95. The Bertz CT molecular complexity index is 1000. The van der Waals surface area contributed by atoms with Crippen LogP contribution in [0.5, 0.6) is 0 Å². The number of carbonyl (C=O) groups excluding carboxylic acids is 1. The van der Waals surface area contributed by atoms with Gasteiger partial charge in [-0.1, -0.05) is 12.1 Å². The number of ether oxygens (including phenoxy) is 1. The number of imidazole rings is 1. The number of rotatable bonds is 5. The van der Waals surface area contributed by atoms with Gasteiger partial charge in [-0.2, -0.15) is 10.4 Å².